The summed E-state index contributed by atoms with van der Waals surface area (Å²) in [6, 6.07) is 13.2. The van der Waals surface area contributed by atoms with E-state index in [9.17, 15) is 9.90 Å². The summed E-state index contributed by atoms with van der Waals surface area (Å²) >= 11 is 0. The van der Waals surface area contributed by atoms with Crippen LogP contribution in [0, 0.1) is 0 Å². The maximum atomic E-state index is 12.1. The highest BCUT2D eigenvalue weighted by Gasteiger charge is 2.36. The molecule has 25 heavy (non-hydrogen) atoms. The fourth-order valence-electron chi connectivity index (χ4n) is 3.13. The van der Waals surface area contributed by atoms with Crippen LogP contribution < -0.4 is 15.5 Å². The van der Waals surface area contributed by atoms with Gasteiger partial charge in [-0.05, 0) is 36.1 Å². The number of pyridine rings is 1. The van der Waals surface area contributed by atoms with Gasteiger partial charge >= 0.3 is 6.03 Å². The van der Waals surface area contributed by atoms with Crippen molar-refractivity contribution in [1.29, 1.82) is 0 Å². The number of aliphatic hydroxyl groups is 1. The van der Waals surface area contributed by atoms with Crippen LogP contribution in [-0.4, -0.2) is 36.8 Å². The minimum Gasteiger partial charge on any atom is -0.383 e. The molecule has 1 aliphatic carbocycles. The quantitative estimate of drug-likeness (QED) is 0.775. The van der Waals surface area contributed by atoms with Gasteiger partial charge in [-0.15, -0.1) is 0 Å². The number of nitrogens with zero attached hydrogens (tertiary/aromatic N) is 2. The second-order valence-electron chi connectivity index (χ2n) is 6.61. The number of anilines is 1. The Morgan fingerprint density at radius 1 is 1.20 bits per heavy atom. The third-order valence-electron chi connectivity index (χ3n) is 4.55. The zero-order valence-corrected chi connectivity index (χ0v) is 14.6. The fraction of sp³-hybridized carbons (Fsp3) is 0.368. The highest BCUT2D eigenvalue weighted by Crippen LogP contribution is 2.36. The molecule has 0 saturated carbocycles. The number of benzene rings is 1. The Morgan fingerprint density at radius 2 is 2.00 bits per heavy atom. The molecule has 6 nitrogen and oxygen atoms in total. The zero-order valence-electron chi connectivity index (χ0n) is 14.6. The summed E-state index contributed by atoms with van der Waals surface area (Å²) < 4.78 is 0. The number of rotatable bonds is 5. The van der Waals surface area contributed by atoms with Crippen LogP contribution in [0.2, 0.25) is 0 Å². The second-order valence-corrected chi connectivity index (χ2v) is 6.61. The molecule has 2 amide bonds. The van der Waals surface area contributed by atoms with E-state index in [4.69, 9.17) is 0 Å². The third kappa shape index (κ3) is 3.91. The standard InChI is InChI=1S/C19H24N4O2/c1-23(2)17-9-5-7-15(22-17)12-20-18(24)21-13-19(25)11-10-14-6-3-4-8-16(14)19/h3-9,25H,10-13H2,1-2H3,(H2,20,21,24). The van der Waals surface area contributed by atoms with Gasteiger partial charge in [-0.3, -0.25) is 0 Å². The number of urea groups is 1. The van der Waals surface area contributed by atoms with E-state index in [1.807, 2.05) is 61.5 Å². The van der Waals surface area contributed by atoms with Crippen molar-refractivity contribution in [2.24, 2.45) is 0 Å². The number of aromatic nitrogens is 1. The predicted molar refractivity (Wildman–Crippen MR) is 97.5 cm³/mol. The second kappa shape index (κ2) is 7.11. The maximum absolute atomic E-state index is 12.1. The number of hydrogen-bond donors (Lipinski definition) is 3. The van der Waals surface area contributed by atoms with Crippen molar-refractivity contribution in [2.75, 3.05) is 25.5 Å². The van der Waals surface area contributed by atoms with Gasteiger partial charge < -0.3 is 20.6 Å². The maximum Gasteiger partial charge on any atom is 0.315 e. The Hall–Kier alpha value is -2.60. The van der Waals surface area contributed by atoms with Crippen molar-refractivity contribution in [3.63, 3.8) is 0 Å². The molecule has 1 aliphatic rings. The average molecular weight is 340 g/mol. The zero-order chi connectivity index (χ0) is 17.9. The van der Waals surface area contributed by atoms with Gasteiger partial charge in [-0.1, -0.05) is 30.3 Å². The molecule has 0 spiro atoms. The first-order valence-electron chi connectivity index (χ1n) is 8.44. The Balaban J connectivity index is 1.53. The van der Waals surface area contributed by atoms with E-state index in [1.165, 1.54) is 0 Å². The van der Waals surface area contributed by atoms with Crippen LogP contribution in [0.25, 0.3) is 0 Å². The Labute approximate surface area is 147 Å². The average Bonchev–Trinajstić information content (AvgIpc) is 2.96. The minimum absolute atomic E-state index is 0.195. The summed E-state index contributed by atoms with van der Waals surface area (Å²) in [6.07, 6.45) is 1.45. The fourth-order valence-corrected chi connectivity index (χ4v) is 3.13. The van der Waals surface area contributed by atoms with Crippen LogP contribution in [0.4, 0.5) is 10.6 Å². The van der Waals surface area contributed by atoms with Gasteiger partial charge in [-0.25, -0.2) is 9.78 Å². The third-order valence-corrected chi connectivity index (χ3v) is 4.55. The minimum atomic E-state index is -0.989. The van der Waals surface area contributed by atoms with Gasteiger partial charge in [0.25, 0.3) is 0 Å². The smallest absolute Gasteiger partial charge is 0.315 e. The lowest BCUT2D eigenvalue weighted by Gasteiger charge is -2.24. The van der Waals surface area contributed by atoms with Gasteiger partial charge in [0, 0.05) is 14.1 Å². The molecular formula is C19H24N4O2. The summed E-state index contributed by atoms with van der Waals surface area (Å²) in [6.45, 7) is 0.531. The summed E-state index contributed by atoms with van der Waals surface area (Å²) in [5.74, 6) is 0.844. The van der Waals surface area contributed by atoms with E-state index < -0.39 is 5.60 Å². The molecule has 1 heterocycles. The molecule has 0 aliphatic heterocycles. The molecule has 1 atom stereocenters. The summed E-state index contributed by atoms with van der Waals surface area (Å²) in [4.78, 5) is 18.4. The van der Waals surface area contributed by atoms with Gasteiger partial charge in [0.05, 0.1) is 18.8 Å². The first kappa shape index (κ1) is 17.2. The number of fused-ring (bicyclic) bond motifs is 1. The lowest BCUT2D eigenvalue weighted by Crippen LogP contribution is -2.43. The van der Waals surface area contributed by atoms with Crippen molar-refractivity contribution in [1.82, 2.24) is 15.6 Å². The lowest BCUT2D eigenvalue weighted by atomic mass is 9.96. The monoisotopic (exact) mass is 340 g/mol. The molecular weight excluding hydrogens is 316 g/mol. The van der Waals surface area contributed by atoms with Crippen LogP contribution in [0.3, 0.4) is 0 Å². The van der Waals surface area contributed by atoms with E-state index in [-0.39, 0.29) is 12.6 Å². The SMILES string of the molecule is CN(C)c1cccc(CNC(=O)NCC2(O)CCc3ccccc32)n1. The van der Waals surface area contributed by atoms with Crippen LogP contribution in [0.15, 0.2) is 42.5 Å². The summed E-state index contributed by atoms with van der Waals surface area (Å²) in [7, 11) is 3.85. The van der Waals surface area contributed by atoms with E-state index in [0.717, 1.165) is 29.1 Å². The molecule has 1 aromatic heterocycles. The highest BCUT2D eigenvalue weighted by atomic mass is 16.3. The van der Waals surface area contributed by atoms with Crippen molar-refractivity contribution in [2.45, 2.75) is 25.0 Å². The topological polar surface area (TPSA) is 77.5 Å². The number of aryl methyl sites for hydroxylation is 1. The van der Waals surface area contributed by atoms with Crippen LogP contribution in [0.1, 0.15) is 23.2 Å². The first-order chi connectivity index (χ1) is 12.0. The summed E-state index contributed by atoms with van der Waals surface area (Å²) in [5, 5.41) is 16.4. The van der Waals surface area contributed by atoms with Gasteiger partial charge in [-0.2, -0.15) is 0 Å². The van der Waals surface area contributed by atoms with E-state index in [1.54, 1.807) is 0 Å². The van der Waals surface area contributed by atoms with E-state index in [2.05, 4.69) is 15.6 Å². The van der Waals surface area contributed by atoms with E-state index >= 15 is 0 Å². The van der Waals surface area contributed by atoms with Crippen molar-refractivity contribution < 1.29 is 9.90 Å². The van der Waals surface area contributed by atoms with Crippen LogP contribution >= 0.6 is 0 Å². The number of carbonyl (C=O) groups excluding carboxylic acids is 1. The van der Waals surface area contributed by atoms with E-state index in [0.29, 0.717) is 13.0 Å². The normalized spacial score (nSPS) is 18.5. The van der Waals surface area contributed by atoms with Crippen LogP contribution in [-0.2, 0) is 18.6 Å². The largest absolute Gasteiger partial charge is 0.383 e. The Bertz CT molecular complexity index is 763. The molecule has 1 aromatic carbocycles. The van der Waals surface area contributed by atoms with Crippen LogP contribution in [0.5, 0.6) is 0 Å². The molecule has 0 radical (unpaired) electrons. The molecule has 3 rings (SSSR count). The first-order valence-corrected chi connectivity index (χ1v) is 8.44. The summed E-state index contributed by atoms with van der Waals surface area (Å²) in [5.41, 5.74) is 1.86. The van der Waals surface area contributed by atoms with Gasteiger partial charge in [0.1, 0.15) is 11.4 Å². The number of amides is 2. The van der Waals surface area contributed by atoms with Crippen molar-refractivity contribution in [3.8, 4) is 0 Å². The molecule has 2 aromatic rings. The molecule has 1 unspecified atom stereocenters. The molecule has 132 valence electrons. The number of carbonyl (C=O) groups is 1. The molecule has 6 heteroatoms. The number of nitrogens with one attached hydrogen (secondary N) is 2. The lowest BCUT2D eigenvalue weighted by molar-refractivity contribution is 0.0412. The molecule has 0 bridgehead atoms. The Morgan fingerprint density at radius 3 is 2.80 bits per heavy atom. The van der Waals surface area contributed by atoms with Gasteiger partial charge in [0.15, 0.2) is 0 Å². The van der Waals surface area contributed by atoms with Crippen molar-refractivity contribution in [3.05, 3.63) is 59.3 Å². The van der Waals surface area contributed by atoms with Crippen molar-refractivity contribution >= 4 is 11.8 Å². The Kier molecular flexibility index (Phi) is 4.90. The molecule has 0 fully saturated rings. The van der Waals surface area contributed by atoms with Gasteiger partial charge in [0.2, 0.25) is 0 Å². The predicted octanol–water partition coefficient (Wildman–Crippen LogP) is 1.78. The molecule has 3 N–H and O–H groups in total. The number of hydrogen-bond acceptors (Lipinski definition) is 4. The molecule has 0 saturated heterocycles. The highest BCUT2D eigenvalue weighted by molar-refractivity contribution is 5.74.